The standard InChI is InChI=1S/C10H22N2O/c1-8(2)5-9(11)6-10-7-13-4-3-12-10/h8-10,12H,3-7,11H2,1-2H3. The van der Waals surface area contributed by atoms with E-state index in [2.05, 4.69) is 19.2 Å². The Kier molecular flexibility index (Phi) is 4.70. The Morgan fingerprint density at radius 3 is 2.85 bits per heavy atom. The molecule has 0 aromatic carbocycles. The molecule has 0 aliphatic carbocycles. The van der Waals surface area contributed by atoms with E-state index in [1.54, 1.807) is 0 Å². The van der Waals surface area contributed by atoms with Gasteiger partial charge < -0.3 is 15.8 Å². The zero-order chi connectivity index (χ0) is 9.68. The molecule has 2 unspecified atom stereocenters. The van der Waals surface area contributed by atoms with E-state index in [0.717, 1.165) is 32.6 Å². The first-order chi connectivity index (χ1) is 6.18. The van der Waals surface area contributed by atoms with Gasteiger partial charge in [0.2, 0.25) is 0 Å². The Hall–Kier alpha value is -0.120. The molecule has 3 heteroatoms. The average Bonchev–Trinajstić information content (AvgIpc) is 2.04. The lowest BCUT2D eigenvalue weighted by Gasteiger charge is -2.26. The van der Waals surface area contributed by atoms with E-state index in [0.29, 0.717) is 18.0 Å². The number of hydrogen-bond donors (Lipinski definition) is 2. The van der Waals surface area contributed by atoms with Crippen molar-refractivity contribution < 1.29 is 4.74 Å². The molecular weight excluding hydrogens is 164 g/mol. The predicted molar refractivity (Wildman–Crippen MR) is 54.7 cm³/mol. The fraction of sp³-hybridized carbons (Fsp3) is 1.00. The third-order valence-electron chi connectivity index (χ3n) is 2.36. The summed E-state index contributed by atoms with van der Waals surface area (Å²) < 4.78 is 5.37. The number of ether oxygens (including phenoxy) is 1. The van der Waals surface area contributed by atoms with Crippen LogP contribution in [0.2, 0.25) is 0 Å². The third-order valence-corrected chi connectivity index (χ3v) is 2.36. The van der Waals surface area contributed by atoms with Gasteiger partial charge in [-0.2, -0.15) is 0 Å². The maximum atomic E-state index is 6.01. The van der Waals surface area contributed by atoms with Gasteiger partial charge in [0.25, 0.3) is 0 Å². The van der Waals surface area contributed by atoms with E-state index >= 15 is 0 Å². The van der Waals surface area contributed by atoms with Gasteiger partial charge in [-0.3, -0.25) is 0 Å². The van der Waals surface area contributed by atoms with Crippen molar-refractivity contribution in [1.82, 2.24) is 5.32 Å². The molecule has 1 fully saturated rings. The number of nitrogens with two attached hydrogens (primary N) is 1. The molecule has 0 saturated carbocycles. The van der Waals surface area contributed by atoms with Crippen molar-refractivity contribution in [3.05, 3.63) is 0 Å². The van der Waals surface area contributed by atoms with Crippen LogP contribution in [0, 0.1) is 5.92 Å². The van der Waals surface area contributed by atoms with E-state index in [9.17, 15) is 0 Å². The van der Waals surface area contributed by atoms with Crippen LogP contribution in [0.4, 0.5) is 0 Å². The van der Waals surface area contributed by atoms with Crippen LogP contribution in [-0.2, 0) is 4.74 Å². The van der Waals surface area contributed by atoms with Crippen molar-refractivity contribution in [2.75, 3.05) is 19.8 Å². The van der Waals surface area contributed by atoms with E-state index in [1.165, 1.54) is 0 Å². The van der Waals surface area contributed by atoms with E-state index in [-0.39, 0.29) is 0 Å². The van der Waals surface area contributed by atoms with Crippen LogP contribution in [0.5, 0.6) is 0 Å². The summed E-state index contributed by atoms with van der Waals surface area (Å²) in [6.07, 6.45) is 2.15. The van der Waals surface area contributed by atoms with Gasteiger partial charge in [0, 0.05) is 18.6 Å². The Labute approximate surface area is 81.0 Å². The van der Waals surface area contributed by atoms with Crippen molar-refractivity contribution in [1.29, 1.82) is 0 Å². The zero-order valence-corrected chi connectivity index (χ0v) is 8.75. The number of hydrogen-bond acceptors (Lipinski definition) is 3. The summed E-state index contributed by atoms with van der Waals surface area (Å²) in [5, 5.41) is 3.42. The number of morpholine rings is 1. The van der Waals surface area contributed by atoms with Crippen molar-refractivity contribution >= 4 is 0 Å². The molecule has 0 aromatic rings. The molecule has 1 saturated heterocycles. The first-order valence-electron chi connectivity index (χ1n) is 5.25. The third kappa shape index (κ3) is 4.60. The molecule has 1 rings (SSSR count). The largest absolute Gasteiger partial charge is 0.379 e. The van der Waals surface area contributed by atoms with Crippen LogP contribution in [-0.4, -0.2) is 31.8 Å². The SMILES string of the molecule is CC(C)CC(N)CC1COCCN1. The summed E-state index contributed by atoms with van der Waals surface area (Å²) in [6.45, 7) is 7.07. The van der Waals surface area contributed by atoms with Gasteiger partial charge in [-0.25, -0.2) is 0 Å². The highest BCUT2D eigenvalue weighted by Crippen LogP contribution is 2.09. The van der Waals surface area contributed by atoms with Crippen molar-refractivity contribution in [3.63, 3.8) is 0 Å². The summed E-state index contributed by atoms with van der Waals surface area (Å²) in [4.78, 5) is 0. The van der Waals surface area contributed by atoms with E-state index in [1.807, 2.05) is 0 Å². The molecule has 2 atom stereocenters. The topological polar surface area (TPSA) is 47.3 Å². The minimum Gasteiger partial charge on any atom is -0.379 e. The minimum absolute atomic E-state index is 0.319. The van der Waals surface area contributed by atoms with Crippen LogP contribution >= 0.6 is 0 Å². The Balaban J connectivity index is 2.14. The predicted octanol–water partition coefficient (Wildman–Crippen LogP) is 0.738. The van der Waals surface area contributed by atoms with Gasteiger partial charge in [-0.1, -0.05) is 13.8 Å². The molecule has 78 valence electrons. The molecule has 0 spiro atoms. The van der Waals surface area contributed by atoms with Crippen LogP contribution in [0.1, 0.15) is 26.7 Å². The van der Waals surface area contributed by atoms with Gasteiger partial charge in [0.15, 0.2) is 0 Å². The second kappa shape index (κ2) is 5.58. The molecule has 1 heterocycles. The molecule has 0 aromatic heterocycles. The molecule has 3 N–H and O–H groups in total. The normalized spacial score (nSPS) is 26.3. The highest BCUT2D eigenvalue weighted by atomic mass is 16.5. The summed E-state index contributed by atoms with van der Waals surface area (Å²) in [5.74, 6) is 0.694. The monoisotopic (exact) mass is 186 g/mol. The Morgan fingerprint density at radius 2 is 2.31 bits per heavy atom. The summed E-state index contributed by atoms with van der Waals surface area (Å²) in [6, 6.07) is 0.793. The van der Waals surface area contributed by atoms with Gasteiger partial charge in [0.1, 0.15) is 0 Å². The number of nitrogens with one attached hydrogen (secondary N) is 1. The first-order valence-corrected chi connectivity index (χ1v) is 5.25. The van der Waals surface area contributed by atoms with Crippen molar-refractivity contribution in [2.24, 2.45) is 11.7 Å². The second-order valence-corrected chi connectivity index (χ2v) is 4.35. The molecular formula is C10H22N2O. The van der Waals surface area contributed by atoms with Gasteiger partial charge in [0.05, 0.1) is 13.2 Å². The molecule has 1 aliphatic heterocycles. The maximum absolute atomic E-state index is 6.01. The smallest absolute Gasteiger partial charge is 0.0620 e. The van der Waals surface area contributed by atoms with Gasteiger partial charge in [-0.05, 0) is 18.8 Å². The average molecular weight is 186 g/mol. The molecule has 0 radical (unpaired) electrons. The quantitative estimate of drug-likeness (QED) is 0.680. The summed E-state index contributed by atoms with van der Waals surface area (Å²) >= 11 is 0. The molecule has 3 nitrogen and oxygen atoms in total. The Bertz CT molecular complexity index is 133. The maximum Gasteiger partial charge on any atom is 0.0620 e. The van der Waals surface area contributed by atoms with Crippen LogP contribution in [0.25, 0.3) is 0 Å². The highest BCUT2D eigenvalue weighted by molar-refractivity contribution is 4.76. The van der Waals surface area contributed by atoms with Crippen molar-refractivity contribution in [3.8, 4) is 0 Å². The lowest BCUT2D eigenvalue weighted by Crippen LogP contribution is -2.44. The summed E-state index contributed by atoms with van der Waals surface area (Å²) in [5.41, 5.74) is 6.01. The van der Waals surface area contributed by atoms with Crippen LogP contribution in [0.3, 0.4) is 0 Å². The van der Waals surface area contributed by atoms with Crippen molar-refractivity contribution in [2.45, 2.75) is 38.8 Å². The number of rotatable bonds is 4. The second-order valence-electron chi connectivity index (χ2n) is 4.35. The van der Waals surface area contributed by atoms with E-state index < -0.39 is 0 Å². The highest BCUT2D eigenvalue weighted by Gasteiger charge is 2.16. The van der Waals surface area contributed by atoms with E-state index in [4.69, 9.17) is 10.5 Å². The molecule has 1 aliphatic rings. The molecule has 0 amide bonds. The fourth-order valence-corrected chi connectivity index (χ4v) is 1.84. The van der Waals surface area contributed by atoms with Gasteiger partial charge >= 0.3 is 0 Å². The zero-order valence-electron chi connectivity index (χ0n) is 8.75. The fourth-order valence-electron chi connectivity index (χ4n) is 1.84. The molecule has 0 bridgehead atoms. The minimum atomic E-state index is 0.319. The lowest BCUT2D eigenvalue weighted by atomic mass is 9.98. The van der Waals surface area contributed by atoms with Crippen LogP contribution < -0.4 is 11.1 Å². The lowest BCUT2D eigenvalue weighted by molar-refractivity contribution is 0.0713. The van der Waals surface area contributed by atoms with Crippen LogP contribution in [0.15, 0.2) is 0 Å². The summed E-state index contributed by atoms with van der Waals surface area (Å²) in [7, 11) is 0. The Morgan fingerprint density at radius 1 is 1.54 bits per heavy atom. The first kappa shape index (κ1) is 11.0. The van der Waals surface area contributed by atoms with Gasteiger partial charge in [-0.15, -0.1) is 0 Å². The molecule has 13 heavy (non-hydrogen) atoms.